The van der Waals surface area contributed by atoms with Crippen LogP contribution in [0, 0.1) is 11.8 Å². The molecule has 1 aliphatic heterocycles. The normalized spacial score (nSPS) is 22.5. The molecule has 1 N–H and O–H groups in total. The highest BCUT2D eigenvalue weighted by molar-refractivity contribution is 7.91. The number of nitrogens with one attached hydrogen (secondary N) is 1. The van der Waals surface area contributed by atoms with Crippen molar-refractivity contribution >= 4 is 15.7 Å². The van der Waals surface area contributed by atoms with Gasteiger partial charge >= 0.3 is 0 Å². The van der Waals surface area contributed by atoms with E-state index in [0.29, 0.717) is 34.9 Å². The molecular weight excluding hydrogens is 474 g/mol. The lowest BCUT2D eigenvalue weighted by atomic mass is 9.86. The number of carbonyl (C=O) groups is 1. The number of pyridine rings is 1. The molecule has 1 aromatic heterocycles. The number of methoxy groups -OCH3 is 1. The minimum Gasteiger partial charge on any atom is -0.381 e. The second kappa shape index (κ2) is 11.4. The second-order valence-electron chi connectivity index (χ2n) is 10.5. The van der Waals surface area contributed by atoms with Gasteiger partial charge in [-0.1, -0.05) is 32.9 Å². The molecule has 4 rings (SSSR count). The van der Waals surface area contributed by atoms with Gasteiger partial charge in [0.05, 0.1) is 34.1 Å². The molecule has 2 heterocycles. The van der Waals surface area contributed by atoms with Crippen LogP contribution >= 0.6 is 0 Å². The molecule has 0 bridgehead atoms. The van der Waals surface area contributed by atoms with Crippen LogP contribution in [0.1, 0.15) is 79.7 Å². The maximum absolute atomic E-state index is 12.9. The van der Waals surface area contributed by atoms with E-state index < -0.39 is 9.84 Å². The lowest BCUT2D eigenvalue weighted by Gasteiger charge is -2.34. The number of amides is 1. The van der Waals surface area contributed by atoms with Crippen LogP contribution in [0.3, 0.4) is 0 Å². The van der Waals surface area contributed by atoms with Crippen molar-refractivity contribution in [2.24, 2.45) is 11.8 Å². The second-order valence-corrected chi connectivity index (χ2v) is 12.8. The Hall–Kier alpha value is -2.29. The zero-order valence-corrected chi connectivity index (χ0v) is 22.7. The zero-order valence-electron chi connectivity index (χ0n) is 21.9. The third-order valence-electron chi connectivity index (χ3n) is 7.68. The topological polar surface area (TPSA) is 88.6 Å². The summed E-state index contributed by atoms with van der Waals surface area (Å²) in [4.78, 5) is 20.5. The number of nitrogens with zero attached hydrogens (tertiary/aromatic N) is 2. The van der Waals surface area contributed by atoms with E-state index in [0.717, 1.165) is 42.8 Å². The summed E-state index contributed by atoms with van der Waals surface area (Å²) in [6.07, 6.45) is 6.75. The summed E-state index contributed by atoms with van der Waals surface area (Å²) in [5.74, 6) is 1.01. The minimum absolute atomic E-state index is 0.0679. The molecule has 1 aliphatic carbocycles. The minimum atomic E-state index is -3.23. The molecule has 2 aliphatic rings. The SMILES string of the molecule is CCS(=O)(=O)c1ccc(CNC(=O)c2cnc3c(c2)CN(CC2CCC(OC)CC2)[C@H]3C(C)C)cc1. The Labute approximate surface area is 215 Å². The van der Waals surface area contributed by atoms with Crippen LogP contribution < -0.4 is 5.32 Å². The molecule has 0 saturated heterocycles. The van der Waals surface area contributed by atoms with Gasteiger partial charge in [-0.2, -0.15) is 0 Å². The van der Waals surface area contributed by atoms with Crippen molar-refractivity contribution in [3.8, 4) is 0 Å². The molecule has 8 heteroatoms. The van der Waals surface area contributed by atoms with Gasteiger partial charge in [0.1, 0.15) is 0 Å². The quantitative estimate of drug-likeness (QED) is 0.530. The Morgan fingerprint density at radius 3 is 2.47 bits per heavy atom. The average Bonchev–Trinajstić information content (AvgIpc) is 3.25. The van der Waals surface area contributed by atoms with Crippen molar-refractivity contribution in [3.63, 3.8) is 0 Å². The molecule has 1 amide bonds. The van der Waals surface area contributed by atoms with Crippen LogP contribution in [0.25, 0.3) is 0 Å². The first-order valence-corrected chi connectivity index (χ1v) is 14.7. The molecule has 196 valence electrons. The predicted octanol–water partition coefficient (Wildman–Crippen LogP) is 4.52. The van der Waals surface area contributed by atoms with Gasteiger partial charge in [-0.25, -0.2) is 8.42 Å². The highest BCUT2D eigenvalue weighted by atomic mass is 32.2. The number of carbonyl (C=O) groups excluding carboxylic acids is 1. The number of hydrogen-bond donors (Lipinski definition) is 1. The van der Waals surface area contributed by atoms with Crippen LogP contribution in [0.5, 0.6) is 0 Å². The highest BCUT2D eigenvalue weighted by Crippen LogP contribution is 2.39. The van der Waals surface area contributed by atoms with Crippen LogP contribution in [0.4, 0.5) is 0 Å². The van der Waals surface area contributed by atoms with Gasteiger partial charge in [-0.3, -0.25) is 14.7 Å². The van der Waals surface area contributed by atoms with E-state index in [-0.39, 0.29) is 17.7 Å². The summed E-state index contributed by atoms with van der Waals surface area (Å²) >= 11 is 0. The van der Waals surface area contributed by atoms with Gasteiger partial charge in [0, 0.05) is 32.9 Å². The Morgan fingerprint density at radius 2 is 1.86 bits per heavy atom. The lowest BCUT2D eigenvalue weighted by Crippen LogP contribution is -2.33. The summed E-state index contributed by atoms with van der Waals surface area (Å²) in [6.45, 7) is 8.32. The van der Waals surface area contributed by atoms with Crippen molar-refractivity contribution in [1.82, 2.24) is 15.2 Å². The van der Waals surface area contributed by atoms with Crippen LogP contribution in [-0.4, -0.2) is 49.7 Å². The van der Waals surface area contributed by atoms with Gasteiger partial charge in [-0.05, 0) is 66.8 Å². The van der Waals surface area contributed by atoms with E-state index in [9.17, 15) is 13.2 Å². The van der Waals surface area contributed by atoms with E-state index in [1.165, 1.54) is 12.8 Å². The number of hydrogen-bond acceptors (Lipinski definition) is 6. The highest BCUT2D eigenvalue weighted by Gasteiger charge is 2.36. The molecule has 0 radical (unpaired) electrons. The molecule has 0 spiro atoms. The first-order chi connectivity index (χ1) is 17.2. The summed E-state index contributed by atoms with van der Waals surface area (Å²) in [5.41, 5.74) is 3.64. The summed E-state index contributed by atoms with van der Waals surface area (Å²) in [5, 5.41) is 2.95. The number of fused-ring (bicyclic) bond motifs is 1. The van der Waals surface area contributed by atoms with Crippen LogP contribution in [0.2, 0.25) is 0 Å². The number of sulfone groups is 1. The Bertz CT molecular complexity index is 1160. The fourth-order valence-corrected chi connectivity index (χ4v) is 6.48. The van der Waals surface area contributed by atoms with E-state index in [4.69, 9.17) is 9.72 Å². The van der Waals surface area contributed by atoms with Crippen molar-refractivity contribution in [2.75, 3.05) is 19.4 Å². The standard InChI is InChI=1S/C28H39N3O4S/c1-5-36(33,34)25-12-8-20(9-13-25)15-30-28(32)22-14-23-18-31(27(19(2)3)26(23)29-16-22)17-21-6-10-24(35-4)11-7-21/h8-9,12-14,16,19,21,24,27H,5-7,10-11,15,17-18H2,1-4H3,(H,30,32)/t21?,24?,27-/m0/s1. The largest absolute Gasteiger partial charge is 0.381 e. The predicted molar refractivity (Wildman–Crippen MR) is 140 cm³/mol. The van der Waals surface area contributed by atoms with E-state index in [1.54, 1.807) is 37.4 Å². The molecule has 1 fully saturated rings. The molecule has 0 unspecified atom stereocenters. The monoisotopic (exact) mass is 513 g/mol. The van der Waals surface area contributed by atoms with Crippen molar-refractivity contribution < 1.29 is 17.9 Å². The summed E-state index contributed by atoms with van der Waals surface area (Å²) in [6, 6.07) is 8.95. The number of benzene rings is 1. The Kier molecular flexibility index (Phi) is 8.48. The summed E-state index contributed by atoms with van der Waals surface area (Å²) in [7, 11) is -1.42. The van der Waals surface area contributed by atoms with Crippen LogP contribution in [-0.2, 0) is 27.7 Å². The maximum Gasteiger partial charge on any atom is 0.253 e. The molecule has 1 aromatic carbocycles. The molecule has 36 heavy (non-hydrogen) atoms. The molecule has 1 atom stereocenters. The smallest absolute Gasteiger partial charge is 0.253 e. The lowest BCUT2D eigenvalue weighted by molar-refractivity contribution is 0.0432. The fraction of sp³-hybridized carbons (Fsp3) is 0.571. The fourth-order valence-electron chi connectivity index (χ4n) is 5.59. The number of rotatable bonds is 9. The van der Waals surface area contributed by atoms with Gasteiger partial charge < -0.3 is 10.1 Å². The number of aromatic nitrogens is 1. The van der Waals surface area contributed by atoms with Gasteiger partial charge in [0.25, 0.3) is 5.91 Å². The first-order valence-electron chi connectivity index (χ1n) is 13.1. The number of ether oxygens (including phenoxy) is 1. The van der Waals surface area contributed by atoms with E-state index in [1.807, 2.05) is 13.2 Å². The Balaban J connectivity index is 1.39. The van der Waals surface area contributed by atoms with Gasteiger partial charge in [0.15, 0.2) is 9.84 Å². The maximum atomic E-state index is 12.9. The Morgan fingerprint density at radius 1 is 1.17 bits per heavy atom. The zero-order chi connectivity index (χ0) is 25.9. The first kappa shape index (κ1) is 26.8. The summed E-state index contributed by atoms with van der Waals surface area (Å²) < 4.78 is 29.5. The third-order valence-corrected chi connectivity index (χ3v) is 9.43. The van der Waals surface area contributed by atoms with Gasteiger partial charge in [-0.15, -0.1) is 0 Å². The average molecular weight is 514 g/mol. The van der Waals surface area contributed by atoms with Crippen LogP contribution in [0.15, 0.2) is 41.4 Å². The van der Waals surface area contributed by atoms with E-state index >= 15 is 0 Å². The van der Waals surface area contributed by atoms with E-state index in [2.05, 4.69) is 24.1 Å². The molecule has 7 nitrogen and oxygen atoms in total. The molecular formula is C28H39N3O4S. The van der Waals surface area contributed by atoms with Crippen molar-refractivity contribution in [2.45, 2.75) is 76.6 Å². The van der Waals surface area contributed by atoms with Crippen molar-refractivity contribution in [1.29, 1.82) is 0 Å². The van der Waals surface area contributed by atoms with Crippen molar-refractivity contribution in [3.05, 3.63) is 58.9 Å². The van der Waals surface area contributed by atoms with Gasteiger partial charge in [0.2, 0.25) is 0 Å². The molecule has 1 saturated carbocycles. The third kappa shape index (κ3) is 5.98. The molecule has 2 aromatic rings.